The van der Waals surface area contributed by atoms with Crippen molar-refractivity contribution in [3.8, 4) is 5.75 Å². The number of rotatable bonds is 11. The summed E-state index contributed by atoms with van der Waals surface area (Å²) in [6.45, 7) is 5.38. The predicted molar refractivity (Wildman–Crippen MR) is 90.6 cm³/mol. The minimum absolute atomic E-state index is 0.0183. The second-order valence-electron chi connectivity index (χ2n) is 6.64. The third-order valence-electron chi connectivity index (χ3n) is 3.83. The van der Waals surface area contributed by atoms with Crippen molar-refractivity contribution in [1.29, 1.82) is 0 Å². The van der Waals surface area contributed by atoms with E-state index >= 15 is 0 Å². The Kier molecular flexibility index (Phi) is 8.06. The highest BCUT2D eigenvalue weighted by Crippen LogP contribution is 2.24. The van der Waals surface area contributed by atoms with E-state index in [4.69, 9.17) is 20.3 Å². The molecule has 23 heavy (non-hydrogen) atoms. The summed E-state index contributed by atoms with van der Waals surface area (Å²) in [7, 11) is 1.64. The number of hydrogen-bond donors (Lipinski definition) is 2. The first-order valence-electron chi connectivity index (χ1n) is 8.03. The molecule has 1 aromatic rings. The van der Waals surface area contributed by atoms with Crippen LogP contribution in [0.15, 0.2) is 24.3 Å². The van der Waals surface area contributed by atoms with E-state index in [2.05, 4.69) is 13.8 Å². The van der Waals surface area contributed by atoms with Crippen LogP contribution < -0.4 is 10.5 Å². The molecule has 0 aromatic heterocycles. The highest BCUT2D eigenvalue weighted by atomic mass is 16.5. The van der Waals surface area contributed by atoms with Crippen molar-refractivity contribution < 1.29 is 19.4 Å². The quantitative estimate of drug-likeness (QED) is 0.610. The van der Waals surface area contributed by atoms with E-state index in [0.29, 0.717) is 19.6 Å². The van der Waals surface area contributed by atoms with Gasteiger partial charge in [-0.1, -0.05) is 26.0 Å². The summed E-state index contributed by atoms with van der Waals surface area (Å²) in [5.74, 6) is 0.0596. The lowest BCUT2D eigenvalue weighted by Gasteiger charge is -2.24. The van der Waals surface area contributed by atoms with Crippen LogP contribution in [-0.2, 0) is 9.53 Å². The highest BCUT2D eigenvalue weighted by Gasteiger charge is 2.18. The van der Waals surface area contributed by atoms with Crippen molar-refractivity contribution in [2.45, 2.75) is 45.6 Å². The number of ether oxygens (including phenoxy) is 2. The number of nitrogens with two attached hydrogens (primary N) is 1. The molecule has 1 rings (SSSR count). The molecule has 5 heteroatoms. The molecule has 0 fully saturated rings. The summed E-state index contributed by atoms with van der Waals surface area (Å²) >= 11 is 0. The van der Waals surface area contributed by atoms with Gasteiger partial charge in [-0.25, -0.2) is 0 Å². The normalized spacial score (nSPS) is 12.9. The molecule has 0 amide bonds. The average molecular weight is 323 g/mol. The minimum Gasteiger partial charge on any atom is -0.497 e. The van der Waals surface area contributed by atoms with Crippen molar-refractivity contribution >= 4 is 5.97 Å². The molecule has 0 bridgehead atoms. The van der Waals surface area contributed by atoms with Crippen LogP contribution in [0.2, 0.25) is 0 Å². The van der Waals surface area contributed by atoms with Crippen molar-refractivity contribution in [3.63, 3.8) is 0 Å². The molecule has 130 valence electrons. The summed E-state index contributed by atoms with van der Waals surface area (Å²) in [5, 5.41) is 8.68. The Hall–Kier alpha value is -1.59. The fraction of sp³-hybridized carbons (Fsp3) is 0.611. The first-order valence-corrected chi connectivity index (χ1v) is 8.03. The van der Waals surface area contributed by atoms with Crippen molar-refractivity contribution in [3.05, 3.63) is 29.8 Å². The molecule has 0 aliphatic rings. The average Bonchev–Trinajstić information content (AvgIpc) is 2.50. The molecule has 0 unspecified atom stereocenters. The zero-order chi connectivity index (χ0) is 17.3. The summed E-state index contributed by atoms with van der Waals surface area (Å²) in [5.41, 5.74) is 7.20. The first kappa shape index (κ1) is 19.5. The minimum atomic E-state index is -0.744. The standard InChI is InChI=1S/C18H29NO4/c1-18(2,10-5-8-17(20)21)13-23-11-9-16(19)14-6-4-7-15(12-14)22-3/h4,6-7,12,16H,5,8-11,13,19H2,1-3H3,(H,20,21)/t16-/m1/s1. The zero-order valence-corrected chi connectivity index (χ0v) is 14.4. The molecule has 1 atom stereocenters. The maximum Gasteiger partial charge on any atom is 0.303 e. The van der Waals surface area contributed by atoms with Gasteiger partial charge >= 0.3 is 5.97 Å². The molecule has 5 nitrogen and oxygen atoms in total. The van der Waals surface area contributed by atoms with E-state index in [1.807, 2.05) is 24.3 Å². The zero-order valence-electron chi connectivity index (χ0n) is 14.4. The number of methoxy groups -OCH3 is 1. The molecule has 3 N–H and O–H groups in total. The smallest absolute Gasteiger partial charge is 0.303 e. The fourth-order valence-electron chi connectivity index (χ4n) is 2.39. The van der Waals surface area contributed by atoms with Crippen LogP contribution in [0.3, 0.4) is 0 Å². The van der Waals surface area contributed by atoms with E-state index in [1.165, 1.54) is 0 Å². The summed E-state index contributed by atoms with van der Waals surface area (Å²) in [6, 6.07) is 7.68. The van der Waals surface area contributed by atoms with Gasteiger partial charge in [-0.3, -0.25) is 4.79 Å². The van der Waals surface area contributed by atoms with Crippen LogP contribution in [0.1, 0.15) is 51.1 Å². The third kappa shape index (κ3) is 8.00. The third-order valence-corrected chi connectivity index (χ3v) is 3.83. The molecule has 0 spiro atoms. The Labute approximate surface area is 138 Å². The van der Waals surface area contributed by atoms with Crippen LogP contribution >= 0.6 is 0 Å². The van der Waals surface area contributed by atoms with Crippen molar-refractivity contribution in [2.75, 3.05) is 20.3 Å². The van der Waals surface area contributed by atoms with Crippen molar-refractivity contribution in [1.82, 2.24) is 0 Å². The number of carboxylic acid groups (broad SMARTS) is 1. The second kappa shape index (κ2) is 9.53. The van der Waals surface area contributed by atoms with E-state index in [0.717, 1.165) is 24.2 Å². The molecular formula is C18H29NO4. The van der Waals surface area contributed by atoms with Crippen LogP contribution in [0.4, 0.5) is 0 Å². The number of benzene rings is 1. The summed E-state index contributed by atoms with van der Waals surface area (Å²) < 4.78 is 10.9. The van der Waals surface area contributed by atoms with Crippen LogP contribution in [-0.4, -0.2) is 31.4 Å². The SMILES string of the molecule is COc1cccc([C@H](N)CCOCC(C)(C)CCCC(=O)O)c1. The predicted octanol–water partition coefficient (Wildman–Crippen LogP) is 3.38. The second-order valence-corrected chi connectivity index (χ2v) is 6.64. The molecule has 0 heterocycles. The molecule has 0 saturated carbocycles. The Balaban J connectivity index is 2.28. The molecular weight excluding hydrogens is 294 g/mol. The van der Waals surface area contributed by atoms with Gasteiger partial charge in [-0.2, -0.15) is 0 Å². The number of aliphatic carboxylic acids is 1. The number of carbonyl (C=O) groups is 1. The van der Waals surface area contributed by atoms with Gasteiger partial charge in [0, 0.05) is 19.1 Å². The van der Waals surface area contributed by atoms with Crippen molar-refractivity contribution in [2.24, 2.45) is 11.1 Å². The highest BCUT2D eigenvalue weighted by molar-refractivity contribution is 5.66. The van der Waals surface area contributed by atoms with Gasteiger partial charge in [-0.15, -0.1) is 0 Å². The number of hydrogen-bond acceptors (Lipinski definition) is 4. The maximum absolute atomic E-state index is 10.5. The van der Waals surface area contributed by atoms with Gasteiger partial charge in [0.05, 0.1) is 13.7 Å². The Morgan fingerprint density at radius 1 is 1.39 bits per heavy atom. The van der Waals surface area contributed by atoms with E-state index < -0.39 is 5.97 Å². The van der Waals surface area contributed by atoms with Crippen LogP contribution in [0.25, 0.3) is 0 Å². The summed E-state index contributed by atoms with van der Waals surface area (Å²) in [6.07, 6.45) is 2.46. The van der Waals surface area contributed by atoms with Crippen LogP contribution in [0.5, 0.6) is 5.75 Å². The Bertz CT molecular complexity index is 488. The monoisotopic (exact) mass is 323 g/mol. The molecule has 0 aliphatic heterocycles. The molecule has 0 radical (unpaired) electrons. The maximum atomic E-state index is 10.5. The van der Waals surface area contributed by atoms with E-state index in [-0.39, 0.29) is 17.9 Å². The van der Waals surface area contributed by atoms with Crippen LogP contribution in [0, 0.1) is 5.41 Å². The fourth-order valence-corrected chi connectivity index (χ4v) is 2.39. The Morgan fingerprint density at radius 3 is 2.78 bits per heavy atom. The Morgan fingerprint density at radius 2 is 2.13 bits per heavy atom. The largest absolute Gasteiger partial charge is 0.497 e. The van der Waals surface area contributed by atoms with Gasteiger partial charge in [0.2, 0.25) is 0 Å². The molecule has 0 saturated heterocycles. The van der Waals surface area contributed by atoms with Gasteiger partial charge in [0.1, 0.15) is 5.75 Å². The van der Waals surface area contributed by atoms with E-state index in [9.17, 15) is 4.79 Å². The van der Waals surface area contributed by atoms with Gasteiger partial charge in [0.15, 0.2) is 0 Å². The lowest BCUT2D eigenvalue weighted by Crippen LogP contribution is -2.21. The van der Waals surface area contributed by atoms with Gasteiger partial charge in [-0.05, 0) is 42.4 Å². The lowest BCUT2D eigenvalue weighted by atomic mass is 9.88. The number of carboxylic acids is 1. The van der Waals surface area contributed by atoms with E-state index in [1.54, 1.807) is 7.11 Å². The van der Waals surface area contributed by atoms with Gasteiger partial charge in [0.25, 0.3) is 0 Å². The topological polar surface area (TPSA) is 81.8 Å². The molecule has 0 aliphatic carbocycles. The lowest BCUT2D eigenvalue weighted by molar-refractivity contribution is -0.137. The molecule has 1 aromatic carbocycles. The first-order chi connectivity index (χ1) is 10.8. The summed E-state index contributed by atoms with van der Waals surface area (Å²) in [4.78, 5) is 10.5. The van der Waals surface area contributed by atoms with Gasteiger partial charge < -0.3 is 20.3 Å².